The monoisotopic (exact) mass is 477 g/mol. The summed E-state index contributed by atoms with van der Waals surface area (Å²) in [5.74, 6) is 5.73. The number of hydrogen-bond donors (Lipinski definition) is 2. The second-order valence-corrected chi connectivity index (χ2v) is 8.92. The normalized spacial score (nSPS) is 17.5. The Labute approximate surface area is 201 Å². The van der Waals surface area contributed by atoms with E-state index in [0.29, 0.717) is 42.0 Å². The number of primary amides is 1. The first-order valence-electron chi connectivity index (χ1n) is 11.1. The van der Waals surface area contributed by atoms with Crippen molar-refractivity contribution in [2.45, 2.75) is 31.3 Å². The molecule has 1 atom stereocenters. The van der Waals surface area contributed by atoms with Gasteiger partial charge in [0.2, 0.25) is 5.91 Å². The fraction of sp³-hybridized carbons (Fsp3) is 0.333. The summed E-state index contributed by atoms with van der Waals surface area (Å²) in [5, 5.41) is 8.13. The molecule has 5 rings (SSSR count). The minimum Gasteiger partial charge on any atom is -0.373 e. The first-order chi connectivity index (χ1) is 16.4. The van der Waals surface area contributed by atoms with Crippen molar-refractivity contribution in [1.29, 1.82) is 0 Å². The van der Waals surface area contributed by atoms with Crippen molar-refractivity contribution < 1.29 is 9.59 Å². The van der Waals surface area contributed by atoms with Crippen LogP contribution in [0.15, 0.2) is 31.1 Å². The number of rotatable bonds is 5. The molecule has 1 aliphatic carbocycles. The molecular formula is C24H24ClN7O2. The summed E-state index contributed by atoms with van der Waals surface area (Å²) in [7, 11) is 1.69. The molecule has 10 heteroatoms. The highest BCUT2D eigenvalue weighted by atomic mass is 35.5. The van der Waals surface area contributed by atoms with Crippen LogP contribution in [0.4, 0.5) is 5.82 Å². The molecular weight excluding hydrogens is 454 g/mol. The summed E-state index contributed by atoms with van der Waals surface area (Å²) in [6.45, 7) is 4.58. The number of hydrogen-bond acceptors (Lipinski definition) is 5. The van der Waals surface area contributed by atoms with Gasteiger partial charge in [0.25, 0.3) is 5.91 Å². The SMILES string of the molecule is C=CC(=O)N1CC[C@H](n2nc(C#Cc3cc4ncn(C5CC5)c4cc3Cl)c(C(N)=O)c2NC)C1. The van der Waals surface area contributed by atoms with Crippen LogP contribution in [0.5, 0.6) is 0 Å². The fourth-order valence-electron chi connectivity index (χ4n) is 4.44. The number of fused-ring (bicyclic) bond motifs is 1. The maximum atomic E-state index is 12.3. The molecule has 9 nitrogen and oxygen atoms in total. The lowest BCUT2D eigenvalue weighted by Crippen LogP contribution is -2.27. The molecule has 0 spiro atoms. The van der Waals surface area contributed by atoms with Gasteiger partial charge in [-0.1, -0.05) is 24.1 Å². The first kappa shape index (κ1) is 22.0. The summed E-state index contributed by atoms with van der Waals surface area (Å²) < 4.78 is 3.84. The molecule has 34 heavy (non-hydrogen) atoms. The predicted molar refractivity (Wildman–Crippen MR) is 130 cm³/mol. The quantitative estimate of drug-likeness (QED) is 0.433. The van der Waals surface area contributed by atoms with Gasteiger partial charge in [-0.2, -0.15) is 5.10 Å². The van der Waals surface area contributed by atoms with E-state index in [0.717, 1.165) is 23.9 Å². The average molecular weight is 478 g/mol. The van der Waals surface area contributed by atoms with Crippen molar-refractivity contribution >= 4 is 40.3 Å². The van der Waals surface area contributed by atoms with Crippen LogP contribution in [0, 0.1) is 11.8 Å². The number of amides is 2. The van der Waals surface area contributed by atoms with Crippen LogP contribution in [-0.4, -0.2) is 56.2 Å². The maximum Gasteiger partial charge on any atom is 0.255 e. The lowest BCUT2D eigenvalue weighted by molar-refractivity contribution is -0.125. The van der Waals surface area contributed by atoms with Gasteiger partial charge in [-0.3, -0.25) is 9.59 Å². The third kappa shape index (κ3) is 3.80. The standard InChI is InChI=1S/C24H24ClN7O2/c1-3-21(33)30-9-8-16(12-30)32-24(27-2)22(23(26)34)18(29-32)7-4-14-10-19-20(11-17(14)25)31(13-28-19)15-5-6-15/h3,10-11,13,15-16,27H,1,5-6,8-9,12H2,2H3,(H2,26,34)/t16-/m0/s1. The smallest absolute Gasteiger partial charge is 0.255 e. The fourth-order valence-corrected chi connectivity index (χ4v) is 4.65. The zero-order valence-electron chi connectivity index (χ0n) is 18.7. The largest absolute Gasteiger partial charge is 0.373 e. The van der Waals surface area contributed by atoms with Gasteiger partial charge in [0.05, 0.1) is 28.4 Å². The molecule has 3 aromatic rings. The Morgan fingerprint density at radius 3 is 2.74 bits per heavy atom. The number of likely N-dealkylation sites (tertiary alicyclic amines) is 1. The van der Waals surface area contributed by atoms with Gasteiger partial charge in [0.15, 0.2) is 5.69 Å². The highest BCUT2D eigenvalue weighted by Gasteiger charge is 2.31. The van der Waals surface area contributed by atoms with Crippen LogP contribution >= 0.6 is 11.6 Å². The van der Waals surface area contributed by atoms with Crippen LogP contribution in [0.3, 0.4) is 0 Å². The van der Waals surface area contributed by atoms with Crippen molar-refractivity contribution in [2.75, 3.05) is 25.5 Å². The van der Waals surface area contributed by atoms with Crippen molar-refractivity contribution in [3.8, 4) is 11.8 Å². The van der Waals surface area contributed by atoms with Crippen LogP contribution in [-0.2, 0) is 4.79 Å². The second-order valence-electron chi connectivity index (χ2n) is 8.52. The number of anilines is 1. The van der Waals surface area contributed by atoms with Gasteiger partial charge < -0.3 is 20.5 Å². The third-order valence-corrected chi connectivity index (χ3v) is 6.62. The number of aromatic nitrogens is 4. The van der Waals surface area contributed by atoms with Crippen LogP contribution in [0.2, 0.25) is 5.02 Å². The molecule has 1 saturated heterocycles. The Morgan fingerprint density at radius 2 is 2.06 bits per heavy atom. The number of imidazole rings is 1. The van der Waals surface area contributed by atoms with Gasteiger partial charge >= 0.3 is 0 Å². The van der Waals surface area contributed by atoms with Crippen LogP contribution < -0.4 is 11.1 Å². The number of nitrogens with two attached hydrogens (primary N) is 1. The molecule has 0 bridgehead atoms. The number of carbonyl (C=O) groups excluding carboxylic acids is 2. The molecule has 1 aliphatic heterocycles. The number of benzene rings is 1. The average Bonchev–Trinajstić information content (AvgIpc) is 3.24. The van der Waals surface area contributed by atoms with Crippen LogP contribution in [0.1, 0.15) is 53.0 Å². The molecule has 3 heterocycles. The zero-order chi connectivity index (χ0) is 24.0. The molecule has 2 fully saturated rings. The molecule has 0 unspecified atom stereocenters. The zero-order valence-corrected chi connectivity index (χ0v) is 19.5. The van der Waals surface area contributed by atoms with Crippen molar-refractivity contribution in [1.82, 2.24) is 24.2 Å². The summed E-state index contributed by atoms with van der Waals surface area (Å²) in [6.07, 6.45) is 6.12. The topological polar surface area (TPSA) is 111 Å². The van der Waals surface area contributed by atoms with Crippen LogP contribution in [0.25, 0.3) is 11.0 Å². The predicted octanol–water partition coefficient (Wildman–Crippen LogP) is 2.72. The highest BCUT2D eigenvalue weighted by molar-refractivity contribution is 6.32. The maximum absolute atomic E-state index is 12.3. The lowest BCUT2D eigenvalue weighted by atomic mass is 10.1. The van der Waals surface area contributed by atoms with E-state index in [2.05, 4.69) is 38.4 Å². The molecule has 0 radical (unpaired) electrons. The van der Waals surface area contributed by atoms with E-state index < -0.39 is 5.91 Å². The summed E-state index contributed by atoms with van der Waals surface area (Å²) in [6, 6.07) is 4.10. The second kappa shape index (κ2) is 8.54. The third-order valence-electron chi connectivity index (χ3n) is 6.31. The van der Waals surface area contributed by atoms with Gasteiger partial charge in [0, 0.05) is 31.7 Å². The van der Waals surface area contributed by atoms with Gasteiger partial charge in [-0.05, 0) is 43.4 Å². The Hall–Kier alpha value is -3.77. The molecule has 174 valence electrons. The molecule has 1 saturated carbocycles. The Morgan fingerprint density at radius 1 is 1.26 bits per heavy atom. The van der Waals surface area contributed by atoms with Crippen molar-refractivity contribution in [2.24, 2.45) is 5.73 Å². The Balaban J connectivity index is 1.51. The van der Waals surface area contributed by atoms with E-state index in [1.54, 1.807) is 16.6 Å². The number of carbonyl (C=O) groups is 2. The van der Waals surface area contributed by atoms with E-state index in [9.17, 15) is 9.59 Å². The van der Waals surface area contributed by atoms with E-state index in [1.165, 1.54) is 6.08 Å². The summed E-state index contributed by atoms with van der Waals surface area (Å²) in [5.41, 5.74) is 8.55. The Bertz CT molecular complexity index is 1390. The first-order valence-corrected chi connectivity index (χ1v) is 11.5. The van der Waals surface area contributed by atoms with Gasteiger partial charge in [-0.25, -0.2) is 9.67 Å². The summed E-state index contributed by atoms with van der Waals surface area (Å²) >= 11 is 6.53. The number of nitrogens with one attached hydrogen (secondary N) is 1. The van der Waals surface area contributed by atoms with E-state index in [4.69, 9.17) is 17.3 Å². The Kier molecular flexibility index (Phi) is 5.54. The number of nitrogens with zero attached hydrogens (tertiary/aromatic N) is 5. The minimum atomic E-state index is -0.637. The molecule has 2 aliphatic rings. The van der Waals surface area contributed by atoms with E-state index in [-0.39, 0.29) is 23.2 Å². The molecule has 3 N–H and O–H groups in total. The lowest BCUT2D eigenvalue weighted by Gasteiger charge is -2.16. The summed E-state index contributed by atoms with van der Waals surface area (Å²) in [4.78, 5) is 30.5. The van der Waals surface area contributed by atoms with E-state index in [1.807, 2.05) is 18.5 Å². The van der Waals surface area contributed by atoms with Gasteiger partial charge in [-0.15, -0.1) is 0 Å². The molecule has 1 aromatic carbocycles. The highest BCUT2D eigenvalue weighted by Crippen LogP contribution is 2.38. The minimum absolute atomic E-state index is 0.119. The van der Waals surface area contributed by atoms with Crippen molar-refractivity contribution in [3.63, 3.8) is 0 Å². The molecule has 2 amide bonds. The van der Waals surface area contributed by atoms with Gasteiger partial charge in [0.1, 0.15) is 11.4 Å². The number of halogens is 1. The van der Waals surface area contributed by atoms with Crippen molar-refractivity contribution in [3.05, 3.63) is 53.0 Å². The van der Waals surface area contributed by atoms with E-state index >= 15 is 0 Å². The molecule has 2 aromatic heterocycles.